The molecule has 0 bridgehead atoms. The van der Waals surface area contributed by atoms with Gasteiger partial charge < -0.3 is 10.2 Å². The second kappa shape index (κ2) is 6.97. The molecule has 4 heteroatoms. The van der Waals surface area contributed by atoms with E-state index in [4.69, 9.17) is 5.26 Å². The highest BCUT2D eigenvalue weighted by molar-refractivity contribution is 6.04. The van der Waals surface area contributed by atoms with Crippen LogP contribution >= 0.6 is 0 Å². The van der Waals surface area contributed by atoms with E-state index in [1.807, 2.05) is 18.2 Å². The normalized spacial score (nSPS) is 14.1. The van der Waals surface area contributed by atoms with Crippen LogP contribution in [0.3, 0.4) is 0 Å². The Morgan fingerprint density at radius 2 is 1.83 bits per heavy atom. The van der Waals surface area contributed by atoms with Crippen molar-refractivity contribution in [3.63, 3.8) is 0 Å². The molecule has 0 aliphatic carbocycles. The fourth-order valence-corrected chi connectivity index (χ4v) is 2.87. The smallest absolute Gasteiger partial charge is 0.255 e. The van der Waals surface area contributed by atoms with Crippen molar-refractivity contribution in [2.45, 2.75) is 19.3 Å². The van der Waals surface area contributed by atoms with Gasteiger partial charge in [-0.25, -0.2) is 0 Å². The van der Waals surface area contributed by atoms with Crippen LogP contribution in [0.15, 0.2) is 48.5 Å². The van der Waals surface area contributed by atoms with Gasteiger partial charge in [-0.15, -0.1) is 0 Å². The molecule has 2 aromatic rings. The van der Waals surface area contributed by atoms with Crippen molar-refractivity contribution in [3.8, 4) is 6.07 Å². The molecule has 0 atom stereocenters. The lowest BCUT2D eigenvalue weighted by molar-refractivity contribution is 0.102. The van der Waals surface area contributed by atoms with Crippen LogP contribution in [-0.2, 0) is 0 Å². The molecule has 1 fully saturated rings. The van der Waals surface area contributed by atoms with E-state index in [1.165, 1.54) is 19.3 Å². The van der Waals surface area contributed by atoms with Gasteiger partial charge in [-0.3, -0.25) is 4.79 Å². The molecular formula is C19H19N3O. The van der Waals surface area contributed by atoms with Crippen molar-refractivity contribution >= 4 is 17.3 Å². The first-order chi connectivity index (χ1) is 11.3. The molecule has 1 saturated heterocycles. The first-order valence-electron chi connectivity index (χ1n) is 7.93. The van der Waals surface area contributed by atoms with Crippen LogP contribution in [0.2, 0.25) is 0 Å². The molecule has 116 valence electrons. The summed E-state index contributed by atoms with van der Waals surface area (Å²) in [5.41, 5.74) is 2.90. The molecule has 2 aromatic carbocycles. The quantitative estimate of drug-likeness (QED) is 0.938. The van der Waals surface area contributed by atoms with Gasteiger partial charge in [-0.1, -0.05) is 12.1 Å². The highest BCUT2D eigenvalue weighted by Crippen LogP contribution is 2.23. The molecule has 4 nitrogen and oxygen atoms in total. The van der Waals surface area contributed by atoms with Crippen LogP contribution in [-0.4, -0.2) is 19.0 Å². The average Bonchev–Trinajstić information content (AvgIpc) is 2.63. The fourth-order valence-electron chi connectivity index (χ4n) is 2.87. The van der Waals surface area contributed by atoms with Gasteiger partial charge in [0.25, 0.3) is 5.91 Å². The Morgan fingerprint density at radius 3 is 2.61 bits per heavy atom. The maximum absolute atomic E-state index is 12.3. The number of nitriles is 1. The lowest BCUT2D eigenvalue weighted by Gasteiger charge is -2.29. The van der Waals surface area contributed by atoms with Crippen LogP contribution in [0, 0.1) is 11.3 Å². The maximum atomic E-state index is 12.3. The van der Waals surface area contributed by atoms with Gasteiger partial charge in [0.1, 0.15) is 0 Å². The SMILES string of the molecule is N#Cc1cccc(C(=O)Nc2cccc(N3CCCCC3)c2)c1. The standard InChI is InChI=1S/C19H19N3O/c20-14-15-6-4-7-16(12-15)19(23)21-17-8-5-9-18(13-17)22-10-2-1-3-11-22/h4-9,12-13H,1-3,10-11H2,(H,21,23). The van der Waals surface area contributed by atoms with Crippen molar-refractivity contribution < 1.29 is 4.79 Å². The van der Waals surface area contributed by atoms with Crippen molar-refractivity contribution in [2.75, 3.05) is 23.3 Å². The third kappa shape index (κ3) is 3.70. The Hall–Kier alpha value is -2.80. The van der Waals surface area contributed by atoms with Gasteiger partial charge in [0.15, 0.2) is 0 Å². The number of carbonyl (C=O) groups excluding carboxylic acids is 1. The zero-order chi connectivity index (χ0) is 16.1. The Kier molecular flexibility index (Phi) is 4.58. The summed E-state index contributed by atoms with van der Waals surface area (Å²) < 4.78 is 0. The van der Waals surface area contributed by atoms with Gasteiger partial charge in [-0.2, -0.15) is 5.26 Å². The van der Waals surface area contributed by atoms with Crippen LogP contribution in [0.4, 0.5) is 11.4 Å². The first-order valence-corrected chi connectivity index (χ1v) is 7.93. The minimum absolute atomic E-state index is 0.196. The summed E-state index contributed by atoms with van der Waals surface area (Å²) in [6.45, 7) is 2.14. The van der Waals surface area contributed by atoms with Gasteiger partial charge >= 0.3 is 0 Å². The van der Waals surface area contributed by atoms with E-state index >= 15 is 0 Å². The number of hydrogen-bond acceptors (Lipinski definition) is 3. The molecule has 1 heterocycles. The monoisotopic (exact) mass is 305 g/mol. The fraction of sp³-hybridized carbons (Fsp3) is 0.263. The number of nitrogens with zero attached hydrogens (tertiary/aromatic N) is 2. The Labute approximate surface area is 136 Å². The number of benzene rings is 2. The summed E-state index contributed by atoms with van der Waals surface area (Å²) in [6, 6.07) is 16.7. The summed E-state index contributed by atoms with van der Waals surface area (Å²) in [7, 11) is 0. The lowest BCUT2D eigenvalue weighted by atomic mass is 10.1. The molecular weight excluding hydrogens is 286 g/mol. The van der Waals surface area contributed by atoms with Gasteiger partial charge in [0.05, 0.1) is 11.6 Å². The summed E-state index contributed by atoms with van der Waals surface area (Å²) in [6.07, 6.45) is 3.73. The second-order valence-corrected chi connectivity index (χ2v) is 5.74. The minimum atomic E-state index is -0.196. The molecule has 1 aliphatic heterocycles. The Bertz CT molecular complexity index is 742. The number of anilines is 2. The minimum Gasteiger partial charge on any atom is -0.371 e. The third-order valence-electron chi connectivity index (χ3n) is 4.08. The lowest BCUT2D eigenvalue weighted by Crippen LogP contribution is -2.29. The molecule has 23 heavy (non-hydrogen) atoms. The van der Waals surface area contributed by atoms with Gasteiger partial charge in [-0.05, 0) is 55.7 Å². The van der Waals surface area contributed by atoms with Crippen LogP contribution in [0.1, 0.15) is 35.2 Å². The van der Waals surface area contributed by atoms with Crippen LogP contribution < -0.4 is 10.2 Å². The predicted molar refractivity (Wildman–Crippen MR) is 91.6 cm³/mol. The number of amides is 1. The largest absolute Gasteiger partial charge is 0.371 e. The van der Waals surface area contributed by atoms with E-state index in [9.17, 15) is 4.79 Å². The molecule has 1 amide bonds. The Balaban J connectivity index is 1.74. The number of nitrogens with one attached hydrogen (secondary N) is 1. The summed E-state index contributed by atoms with van der Waals surface area (Å²) in [5.74, 6) is -0.196. The second-order valence-electron chi connectivity index (χ2n) is 5.74. The summed E-state index contributed by atoms with van der Waals surface area (Å²) in [5, 5.41) is 11.8. The summed E-state index contributed by atoms with van der Waals surface area (Å²) >= 11 is 0. The number of carbonyl (C=O) groups is 1. The van der Waals surface area contributed by atoms with Crippen molar-refractivity contribution in [2.24, 2.45) is 0 Å². The predicted octanol–water partition coefficient (Wildman–Crippen LogP) is 3.80. The van der Waals surface area contributed by atoms with Gasteiger partial charge in [0, 0.05) is 30.0 Å². The molecule has 1 N–H and O–H groups in total. The summed E-state index contributed by atoms with van der Waals surface area (Å²) in [4.78, 5) is 14.7. The van der Waals surface area contributed by atoms with E-state index in [0.717, 1.165) is 24.5 Å². The average molecular weight is 305 g/mol. The molecule has 0 aromatic heterocycles. The number of rotatable bonds is 3. The molecule has 0 radical (unpaired) electrons. The van der Waals surface area contributed by atoms with E-state index in [2.05, 4.69) is 22.4 Å². The van der Waals surface area contributed by atoms with E-state index in [1.54, 1.807) is 24.3 Å². The van der Waals surface area contributed by atoms with Crippen molar-refractivity contribution in [3.05, 3.63) is 59.7 Å². The molecule has 3 rings (SSSR count). The Morgan fingerprint density at radius 1 is 1.04 bits per heavy atom. The third-order valence-corrected chi connectivity index (χ3v) is 4.08. The van der Waals surface area contributed by atoms with Crippen LogP contribution in [0.5, 0.6) is 0 Å². The van der Waals surface area contributed by atoms with Crippen molar-refractivity contribution in [1.29, 1.82) is 5.26 Å². The zero-order valence-corrected chi connectivity index (χ0v) is 13.0. The zero-order valence-electron chi connectivity index (χ0n) is 13.0. The van der Waals surface area contributed by atoms with E-state index in [-0.39, 0.29) is 5.91 Å². The number of hydrogen-bond donors (Lipinski definition) is 1. The topological polar surface area (TPSA) is 56.1 Å². The molecule has 0 spiro atoms. The highest BCUT2D eigenvalue weighted by atomic mass is 16.1. The number of piperidine rings is 1. The van der Waals surface area contributed by atoms with E-state index in [0.29, 0.717) is 11.1 Å². The highest BCUT2D eigenvalue weighted by Gasteiger charge is 2.12. The van der Waals surface area contributed by atoms with Gasteiger partial charge in [0.2, 0.25) is 0 Å². The molecule has 1 aliphatic rings. The van der Waals surface area contributed by atoms with Crippen LogP contribution in [0.25, 0.3) is 0 Å². The molecule has 0 unspecified atom stereocenters. The first kappa shape index (κ1) is 15.1. The molecule has 0 saturated carbocycles. The maximum Gasteiger partial charge on any atom is 0.255 e. The van der Waals surface area contributed by atoms with E-state index < -0.39 is 0 Å². The van der Waals surface area contributed by atoms with Crippen molar-refractivity contribution in [1.82, 2.24) is 0 Å².